The summed E-state index contributed by atoms with van der Waals surface area (Å²) in [7, 11) is 0. The molecule has 8 aromatic carbocycles. The molecular weight excluding hydrogens is 665 g/mol. The van der Waals surface area contributed by atoms with Crippen molar-refractivity contribution >= 4 is 32.6 Å². The number of benzene rings is 8. The van der Waals surface area contributed by atoms with E-state index in [9.17, 15) is 0 Å². The summed E-state index contributed by atoms with van der Waals surface area (Å²) in [6, 6.07) is 74.6. The van der Waals surface area contributed by atoms with Gasteiger partial charge in [0, 0.05) is 21.9 Å². The molecule has 0 unspecified atom stereocenters. The molecular formula is C53H34N2. The summed E-state index contributed by atoms with van der Waals surface area (Å²) in [6.07, 6.45) is 0. The van der Waals surface area contributed by atoms with Crippen LogP contribution < -0.4 is 0 Å². The summed E-state index contributed by atoms with van der Waals surface area (Å²) < 4.78 is 0. The molecule has 0 fully saturated rings. The van der Waals surface area contributed by atoms with Crippen molar-refractivity contribution in [3.63, 3.8) is 0 Å². The number of aromatic nitrogens is 2. The second-order valence-corrected chi connectivity index (χ2v) is 14.5. The molecule has 1 aliphatic rings. The van der Waals surface area contributed by atoms with Crippen molar-refractivity contribution in [3.05, 3.63) is 229 Å². The molecule has 2 heteroatoms. The average Bonchev–Trinajstić information content (AvgIpc) is 3.58. The highest BCUT2D eigenvalue weighted by molar-refractivity contribution is 6.04. The summed E-state index contributed by atoms with van der Waals surface area (Å²) in [6.45, 7) is 0. The zero-order valence-electron chi connectivity index (χ0n) is 30.0. The van der Waals surface area contributed by atoms with E-state index < -0.39 is 5.41 Å². The fourth-order valence-electron chi connectivity index (χ4n) is 8.99. The molecule has 11 rings (SSSR count). The van der Waals surface area contributed by atoms with E-state index in [0.717, 1.165) is 44.3 Å². The summed E-state index contributed by atoms with van der Waals surface area (Å²) in [5.74, 6) is 0. The Labute approximate surface area is 320 Å². The number of hydrogen-bond donors (Lipinski definition) is 0. The lowest BCUT2D eigenvalue weighted by molar-refractivity contribution is 0.775. The maximum absolute atomic E-state index is 5.20. The van der Waals surface area contributed by atoms with Crippen LogP contribution in [-0.4, -0.2) is 9.97 Å². The first-order chi connectivity index (χ1) is 27.3. The third-order valence-corrected chi connectivity index (χ3v) is 11.5. The van der Waals surface area contributed by atoms with Gasteiger partial charge < -0.3 is 0 Å². The van der Waals surface area contributed by atoms with Crippen LogP contribution in [0.4, 0.5) is 0 Å². The molecule has 2 nitrogen and oxygen atoms in total. The normalized spacial score (nSPS) is 12.9. The van der Waals surface area contributed by atoms with Crippen LogP contribution in [0.15, 0.2) is 206 Å². The maximum atomic E-state index is 5.20. The van der Waals surface area contributed by atoms with E-state index in [4.69, 9.17) is 9.97 Å². The molecule has 0 atom stereocenters. The van der Waals surface area contributed by atoms with Crippen LogP contribution in [0.2, 0.25) is 0 Å². The minimum atomic E-state index is -0.437. The Morgan fingerprint density at radius 2 is 0.818 bits per heavy atom. The van der Waals surface area contributed by atoms with Gasteiger partial charge in [0.2, 0.25) is 0 Å². The molecule has 55 heavy (non-hydrogen) atoms. The summed E-state index contributed by atoms with van der Waals surface area (Å²) >= 11 is 0. The van der Waals surface area contributed by atoms with E-state index in [0.29, 0.717) is 0 Å². The number of nitrogens with zero attached hydrogens (tertiary/aromatic N) is 2. The van der Waals surface area contributed by atoms with Crippen molar-refractivity contribution in [2.45, 2.75) is 5.41 Å². The average molecular weight is 699 g/mol. The second-order valence-electron chi connectivity index (χ2n) is 14.5. The molecule has 0 radical (unpaired) electrons. The molecule has 0 aliphatic heterocycles. The number of fused-ring (bicyclic) bond motifs is 8. The lowest BCUT2D eigenvalue weighted by atomic mass is 9.66. The van der Waals surface area contributed by atoms with Crippen LogP contribution >= 0.6 is 0 Å². The number of pyridine rings is 2. The van der Waals surface area contributed by atoms with Gasteiger partial charge in [0.25, 0.3) is 0 Å². The molecule has 0 N–H and O–H groups in total. The predicted octanol–water partition coefficient (Wildman–Crippen LogP) is 13.3. The van der Waals surface area contributed by atoms with Crippen LogP contribution in [-0.2, 0) is 5.41 Å². The molecule has 2 heterocycles. The van der Waals surface area contributed by atoms with Crippen molar-refractivity contribution in [3.8, 4) is 44.8 Å². The van der Waals surface area contributed by atoms with Gasteiger partial charge >= 0.3 is 0 Å². The van der Waals surface area contributed by atoms with Crippen molar-refractivity contribution in [1.82, 2.24) is 9.97 Å². The topological polar surface area (TPSA) is 25.8 Å². The minimum Gasteiger partial charge on any atom is -0.245 e. The molecule has 2 aromatic heterocycles. The van der Waals surface area contributed by atoms with Crippen molar-refractivity contribution < 1.29 is 0 Å². The van der Waals surface area contributed by atoms with Gasteiger partial charge in [-0.2, -0.15) is 0 Å². The van der Waals surface area contributed by atoms with Gasteiger partial charge in [0.1, 0.15) is 0 Å². The summed E-state index contributed by atoms with van der Waals surface area (Å²) in [5.41, 5.74) is 15.7. The first kappa shape index (κ1) is 31.4. The Morgan fingerprint density at radius 3 is 1.45 bits per heavy atom. The van der Waals surface area contributed by atoms with Gasteiger partial charge in [-0.05, 0) is 73.5 Å². The number of rotatable bonds is 5. The third kappa shape index (κ3) is 4.89. The van der Waals surface area contributed by atoms with E-state index >= 15 is 0 Å². The SMILES string of the molecule is c1ccc(-c2ccc3ccc4ccc(-c5ccc(-c6ccc7c8c(ccc7c6)-c6ccccc6C8(c6ccccc6)c6ccccc6)cc5)nc4c3n2)cc1. The van der Waals surface area contributed by atoms with Gasteiger partial charge in [-0.25, -0.2) is 9.97 Å². The van der Waals surface area contributed by atoms with Crippen LogP contribution in [0, 0.1) is 0 Å². The Bertz CT molecular complexity index is 3020. The van der Waals surface area contributed by atoms with Crippen molar-refractivity contribution in [2.24, 2.45) is 0 Å². The Morgan fingerprint density at radius 1 is 0.327 bits per heavy atom. The van der Waals surface area contributed by atoms with E-state index in [-0.39, 0.29) is 0 Å². The van der Waals surface area contributed by atoms with Gasteiger partial charge in [-0.1, -0.05) is 188 Å². The van der Waals surface area contributed by atoms with Crippen LogP contribution in [0.3, 0.4) is 0 Å². The lowest BCUT2D eigenvalue weighted by Gasteiger charge is -2.34. The van der Waals surface area contributed by atoms with Gasteiger partial charge in [-0.15, -0.1) is 0 Å². The second kappa shape index (κ2) is 12.5. The molecule has 0 amide bonds. The highest BCUT2D eigenvalue weighted by atomic mass is 14.8. The van der Waals surface area contributed by atoms with E-state index in [1.807, 2.05) is 6.07 Å². The Kier molecular flexibility index (Phi) is 7.11. The molecule has 0 bridgehead atoms. The minimum absolute atomic E-state index is 0.437. The molecule has 0 saturated carbocycles. The fraction of sp³-hybridized carbons (Fsp3) is 0.0189. The van der Waals surface area contributed by atoms with Crippen molar-refractivity contribution in [2.75, 3.05) is 0 Å². The zero-order valence-corrected chi connectivity index (χ0v) is 30.0. The van der Waals surface area contributed by atoms with Gasteiger partial charge in [0.15, 0.2) is 0 Å². The van der Waals surface area contributed by atoms with Crippen LogP contribution in [0.25, 0.3) is 77.3 Å². The van der Waals surface area contributed by atoms with Gasteiger partial charge in [-0.3, -0.25) is 0 Å². The van der Waals surface area contributed by atoms with Crippen molar-refractivity contribution in [1.29, 1.82) is 0 Å². The lowest BCUT2D eigenvalue weighted by Crippen LogP contribution is -2.28. The predicted molar refractivity (Wildman–Crippen MR) is 228 cm³/mol. The standard InChI is InChI=1S/C53H34N2/c1-4-12-36(13-5-1)48-32-28-38-24-25-39-29-33-49(55-52(39)51(38)54-48)37-22-20-35(21-23-37)40-26-30-44-41(34-40)27-31-46-45-18-10-11-19-47(45)53(50(44)46,42-14-6-2-7-15-42)43-16-8-3-9-17-43/h1-34H. The summed E-state index contributed by atoms with van der Waals surface area (Å²) in [4.78, 5) is 10.3. The van der Waals surface area contributed by atoms with E-state index in [1.54, 1.807) is 0 Å². The smallest absolute Gasteiger partial charge is 0.0972 e. The van der Waals surface area contributed by atoms with E-state index in [2.05, 4.69) is 200 Å². The molecule has 1 aliphatic carbocycles. The first-order valence-corrected chi connectivity index (χ1v) is 18.9. The Balaban J connectivity index is 1.01. The molecule has 256 valence electrons. The van der Waals surface area contributed by atoms with Crippen LogP contribution in [0.5, 0.6) is 0 Å². The monoisotopic (exact) mass is 698 g/mol. The quantitative estimate of drug-likeness (QED) is 0.167. The fourth-order valence-corrected chi connectivity index (χ4v) is 8.99. The number of hydrogen-bond acceptors (Lipinski definition) is 2. The third-order valence-electron chi connectivity index (χ3n) is 11.5. The molecule has 10 aromatic rings. The highest BCUT2D eigenvalue weighted by Gasteiger charge is 2.46. The van der Waals surface area contributed by atoms with Gasteiger partial charge in [0.05, 0.1) is 27.8 Å². The van der Waals surface area contributed by atoms with E-state index in [1.165, 1.54) is 55.3 Å². The summed E-state index contributed by atoms with van der Waals surface area (Å²) in [5, 5.41) is 4.68. The zero-order chi connectivity index (χ0) is 36.3. The molecule has 0 saturated heterocycles. The largest absolute Gasteiger partial charge is 0.245 e. The molecule has 0 spiro atoms. The highest BCUT2D eigenvalue weighted by Crippen LogP contribution is 2.58. The van der Waals surface area contributed by atoms with Crippen LogP contribution in [0.1, 0.15) is 22.3 Å². The first-order valence-electron chi connectivity index (χ1n) is 18.9. The Hall–Kier alpha value is -7.16. The maximum Gasteiger partial charge on any atom is 0.0972 e.